The van der Waals surface area contributed by atoms with Gasteiger partial charge in [0, 0.05) is 12.6 Å². The van der Waals surface area contributed by atoms with Crippen molar-refractivity contribution >= 4 is 5.97 Å². The van der Waals surface area contributed by atoms with E-state index >= 15 is 0 Å². The zero-order chi connectivity index (χ0) is 17.4. The number of esters is 1. The molecule has 0 spiro atoms. The van der Waals surface area contributed by atoms with E-state index in [1.54, 1.807) is 0 Å². The van der Waals surface area contributed by atoms with Crippen LogP contribution in [0.2, 0.25) is 0 Å². The van der Waals surface area contributed by atoms with Gasteiger partial charge in [-0.3, -0.25) is 10.1 Å². The molecule has 6 heteroatoms. The minimum absolute atomic E-state index is 0.0390. The van der Waals surface area contributed by atoms with E-state index in [0.29, 0.717) is 25.4 Å². The van der Waals surface area contributed by atoms with Gasteiger partial charge >= 0.3 is 5.97 Å². The van der Waals surface area contributed by atoms with Gasteiger partial charge in [-0.2, -0.15) is 0 Å². The summed E-state index contributed by atoms with van der Waals surface area (Å²) in [4.78, 5) is 11.7. The predicted octanol–water partition coefficient (Wildman–Crippen LogP) is 2.40. The first-order chi connectivity index (χ1) is 11.5. The van der Waals surface area contributed by atoms with Gasteiger partial charge in [-0.15, -0.1) is 0 Å². The highest BCUT2D eigenvalue weighted by Crippen LogP contribution is 2.23. The number of nitrogens with one attached hydrogen (secondary N) is 1. The Morgan fingerprint density at radius 1 is 1.08 bits per heavy atom. The molecular formula is C18H33NO5. The Morgan fingerprint density at radius 2 is 1.79 bits per heavy atom. The standard InChI is InChI=1S/C18H33NO5/c1-18(2,17(20)21-3)19-14-7-9-15(10-8-14)22-12-13-24-16-6-4-5-11-23-16/h14-16,19H,4-13H2,1-3H3. The number of methoxy groups -OCH3 is 1. The molecule has 140 valence electrons. The third-order valence-corrected chi connectivity index (χ3v) is 4.81. The van der Waals surface area contributed by atoms with Gasteiger partial charge in [0.25, 0.3) is 0 Å². The molecule has 0 aromatic carbocycles. The van der Waals surface area contributed by atoms with Crippen LogP contribution in [0.25, 0.3) is 0 Å². The van der Waals surface area contributed by atoms with E-state index < -0.39 is 5.54 Å². The van der Waals surface area contributed by atoms with E-state index in [1.807, 2.05) is 13.8 Å². The summed E-state index contributed by atoms with van der Waals surface area (Å²) in [7, 11) is 1.43. The van der Waals surface area contributed by atoms with Gasteiger partial charge < -0.3 is 18.9 Å². The number of carbonyl (C=O) groups excluding carboxylic acids is 1. The van der Waals surface area contributed by atoms with Crippen molar-refractivity contribution in [3.8, 4) is 0 Å². The summed E-state index contributed by atoms with van der Waals surface area (Å²) in [6.07, 6.45) is 7.61. The van der Waals surface area contributed by atoms with Gasteiger partial charge in [-0.05, 0) is 58.8 Å². The van der Waals surface area contributed by atoms with Gasteiger partial charge in [-0.1, -0.05) is 0 Å². The van der Waals surface area contributed by atoms with Crippen LogP contribution in [0.1, 0.15) is 58.8 Å². The van der Waals surface area contributed by atoms with Crippen LogP contribution in [0.15, 0.2) is 0 Å². The first-order valence-electron chi connectivity index (χ1n) is 9.22. The molecule has 0 bridgehead atoms. The summed E-state index contributed by atoms with van der Waals surface area (Å²) in [6.45, 7) is 5.76. The third-order valence-electron chi connectivity index (χ3n) is 4.81. The summed E-state index contributed by atoms with van der Waals surface area (Å²) in [5, 5.41) is 3.41. The predicted molar refractivity (Wildman–Crippen MR) is 90.8 cm³/mol. The Balaban J connectivity index is 1.56. The van der Waals surface area contributed by atoms with Crippen LogP contribution in [0, 0.1) is 0 Å². The van der Waals surface area contributed by atoms with E-state index in [0.717, 1.165) is 45.1 Å². The molecule has 1 atom stereocenters. The van der Waals surface area contributed by atoms with Crippen molar-refractivity contribution in [2.45, 2.75) is 82.8 Å². The summed E-state index contributed by atoms with van der Waals surface area (Å²) in [5.74, 6) is -0.219. The van der Waals surface area contributed by atoms with Crippen molar-refractivity contribution in [3.63, 3.8) is 0 Å². The molecule has 0 aromatic rings. The molecule has 1 N–H and O–H groups in total. The summed E-state index contributed by atoms with van der Waals surface area (Å²) in [6, 6.07) is 0.339. The highest BCUT2D eigenvalue weighted by Gasteiger charge is 2.33. The maximum atomic E-state index is 11.7. The molecule has 6 nitrogen and oxygen atoms in total. The van der Waals surface area contributed by atoms with Gasteiger partial charge in [0.1, 0.15) is 5.54 Å². The number of hydrogen-bond donors (Lipinski definition) is 1. The maximum Gasteiger partial charge on any atom is 0.325 e. The van der Waals surface area contributed by atoms with Crippen molar-refractivity contribution in [3.05, 3.63) is 0 Å². The monoisotopic (exact) mass is 343 g/mol. The van der Waals surface area contributed by atoms with E-state index in [4.69, 9.17) is 18.9 Å². The van der Waals surface area contributed by atoms with Crippen molar-refractivity contribution in [2.24, 2.45) is 0 Å². The smallest absolute Gasteiger partial charge is 0.325 e. The first-order valence-corrected chi connectivity index (χ1v) is 9.22. The molecular weight excluding hydrogens is 310 g/mol. The molecule has 24 heavy (non-hydrogen) atoms. The van der Waals surface area contributed by atoms with E-state index in [9.17, 15) is 4.79 Å². The normalized spacial score (nSPS) is 28.5. The molecule has 1 aliphatic carbocycles. The second kappa shape index (κ2) is 9.70. The number of hydrogen-bond acceptors (Lipinski definition) is 6. The van der Waals surface area contributed by atoms with Crippen LogP contribution < -0.4 is 5.32 Å². The average Bonchev–Trinajstić information content (AvgIpc) is 2.60. The van der Waals surface area contributed by atoms with Crippen LogP contribution in [0.4, 0.5) is 0 Å². The molecule has 0 amide bonds. The van der Waals surface area contributed by atoms with Crippen molar-refractivity contribution in [1.29, 1.82) is 0 Å². The summed E-state index contributed by atoms with van der Waals surface area (Å²) in [5.41, 5.74) is -0.638. The highest BCUT2D eigenvalue weighted by atomic mass is 16.7. The minimum Gasteiger partial charge on any atom is -0.468 e. The number of carbonyl (C=O) groups is 1. The van der Waals surface area contributed by atoms with Crippen LogP contribution in [0.3, 0.4) is 0 Å². The molecule has 1 aliphatic heterocycles. The van der Waals surface area contributed by atoms with E-state index in [1.165, 1.54) is 13.5 Å². The molecule has 1 heterocycles. The van der Waals surface area contributed by atoms with Crippen LogP contribution >= 0.6 is 0 Å². The first kappa shape index (κ1) is 19.6. The topological polar surface area (TPSA) is 66.0 Å². The third kappa shape index (κ3) is 6.31. The Morgan fingerprint density at radius 3 is 2.42 bits per heavy atom. The molecule has 0 radical (unpaired) electrons. The summed E-state index contributed by atoms with van der Waals surface area (Å²) >= 11 is 0. The molecule has 1 unspecified atom stereocenters. The van der Waals surface area contributed by atoms with Crippen LogP contribution in [-0.4, -0.2) is 56.9 Å². The lowest BCUT2D eigenvalue weighted by Gasteiger charge is -2.34. The van der Waals surface area contributed by atoms with Crippen molar-refractivity contribution in [1.82, 2.24) is 5.32 Å². The fraction of sp³-hybridized carbons (Fsp3) is 0.944. The fourth-order valence-electron chi connectivity index (χ4n) is 3.44. The SMILES string of the molecule is COC(=O)C(C)(C)NC1CCC(OCCOC2CCCCO2)CC1. The van der Waals surface area contributed by atoms with Crippen molar-refractivity contribution in [2.75, 3.05) is 26.9 Å². The lowest BCUT2D eigenvalue weighted by atomic mass is 9.90. The zero-order valence-corrected chi connectivity index (χ0v) is 15.3. The lowest BCUT2D eigenvalue weighted by Crippen LogP contribution is -2.53. The summed E-state index contributed by atoms with van der Waals surface area (Å²) < 4.78 is 22.0. The van der Waals surface area contributed by atoms with Gasteiger partial charge in [0.05, 0.1) is 26.4 Å². The van der Waals surface area contributed by atoms with E-state index in [2.05, 4.69) is 5.32 Å². The largest absolute Gasteiger partial charge is 0.468 e. The molecule has 1 saturated carbocycles. The Hall–Kier alpha value is -0.690. The highest BCUT2D eigenvalue weighted by molar-refractivity contribution is 5.79. The molecule has 2 fully saturated rings. The number of rotatable bonds is 8. The van der Waals surface area contributed by atoms with E-state index in [-0.39, 0.29) is 12.3 Å². The molecule has 2 rings (SSSR count). The fourth-order valence-corrected chi connectivity index (χ4v) is 3.44. The Kier molecular flexibility index (Phi) is 7.94. The zero-order valence-electron chi connectivity index (χ0n) is 15.3. The average molecular weight is 343 g/mol. The quantitative estimate of drug-likeness (QED) is 0.539. The molecule has 2 aliphatic rings. The molecule has 0 aromatic heterocycles. The van der Waals surface area contributed by atoms with Crippen LogP contribution in [0.5, 0.6) is 0 Å². The maximum absolute atomic E-state index is 11.7. The second-order valence-corrected chi connectivity index (χ2v) is 7.27. The van der Waals surface area contributed by atoms with Gasteiger partial charge in [0.15, 0.2) is 6.29 Å². The van der Waals surface area contributed by atoms with Gasteiger partial charge in [0.2, 0.25) is 0 Å². The Bertz CT molecular complexity index is 374. The van der Waals surface area contributed by atoms with Gasteiger partial charge in [-0.25, -0.2) is 0 Å². The lowest BCUT2D eigenvalue weighted by molar-refractivity contribution is -0.172. The van der Waals surface area contributed by atoms with Crippen molar-refractivity contribution < 1.29 is 23.7 Å². The number of ether oxygens (including phenoxy) is 4. The van der Waals surface area contributed by atoms with Crippen LogP contribution in [-0.2, 0) is 23.7 Å². The second-order valence-electron chi connectivity index (χ2n) is 7.27. The minimum atomic E-state index is -0.638. The Labute approximate surface area is 145 Å². The molecule has 1 saturated heterocycles.